The summed E-state index contributed by atoms with van der Waals surface area (Å²) in [5.41, 5.74) is 1.77. The molecule has 0 aliphatic heterocycles. The predicted molar refractivity (Wildman–Crippen MR) is 116 cm³/mol. The predicted octanol–water partition coefficient (Wildman–Crippen LogP) is 3.79. The van der Waals surface area contributed by atoms with E-state index in [1.165, 1.54) is 6.26 Å². The van der Waals surface area contributed by atoms with Crippen LogP contribution in [0.3, 0.4) is 0 Å². The molecular weight excluding hydrogens is 368 g/mol. The number of guanidine groups is 1. The third-order valence-corrected chi connectivity index (χ3v) is 4.12. The summed E-state index contributed by atoms with van der Waals surface area (Å²) < 4.78 is 10.7. The second kappa shape index (κ2) is 13.4. The van der Waals surface area contributed by atoms with Crippen LogP contribution in [0, 0.1) is 0 Å². The third kappa shape index (κ3) is 8.83. The first kappa shape index (κ1) is 22.5. The molecule has 0 aliphatic carbocycles. The quantitative estimate of drug-likeness (QED) is 0.287. The van der Waals surface area contributed by atoms with Crippen molar-refractivity contribution >= 4 is 17.6 Å². The Morgan fingerprint density at radius 3 is 2.55 bits per heavy atom. The highest BCUT2D eigenvalue weighted by Crippen LogP contribution is 2.12. The molecule has 0 atom stereocenters. The van der Waals surface area contributed by atoms with Crippen molar-refractivity contribution in [3.63, 3.8) is 0 Å². The van der Waals surface area contributed by atoms with Crippen molar-refractivity contribution in [3.05, 3.63) is 54.0 Å². The van der Waals surface area contributed by atoms with Crippen LogP contribution in [0.25, 0.3) is 0 Å². The highest BCUT2D eigenvalue weighted by atomic mass is 16.5. The second-order valence-electron chi connectivity index (χ2n) is 6.57. The van der Waals surface area contributed by atoms with Gasteiger partial charge in [0.25, 0.3) is 5.91 Å². The number of hydrogen-bond donors (Lipinski definition) is 3. The summed E-state index contributed by atoms with van der Waals surface area (Å²) in [7, 11) is 0. The van der Waals surface area contributed by atoms with Crippen LogP contribution in [0.2, 0.25) is 0 Å². The molecular formula is C22H32N4O3. The fourth-order valence-corrected chi connectivity index (χ4v) is 2.54. The van der Waals surface area contributed by atoms with Gasteiger partial charge in [0.1, 0.15) is 0 Å². The first-order chi connectivity index (χ1) is 14.2. The van der Waals surface area contributed by atoms with E-state index in [0.717, 1.165) is 57.1 Å². The molecule has 0 aliphatic rings. The molecule has 0 unspecified atom stereocenters. The average Bonchev–Trinajstić information content (AvgIpc) is 3.27. The Kier molecular flexibility index (Phi) is 10.4. The summed E-state index contributed by atoms with van der Waals surface area (Å²) in [4.78, 5) is 16.6. The van der Waals surface area contributed by atoms with Crippen LogP contribution < -0.4 is 16.0 Å². The monoisotopic (exact) mass is 400 g/mol. The Bertz CT molecular complexity index is 727. The summed E-state index contributed by atoms with van der Waals surface area (Å²) in [5, 5.41) is 9.38. The standard InChI is InChI=1S/C22H32N4O3/c1-3-5-14-28-15-7-13-24-22(23-4-2)25-17-18-9-11-19(12-10-18)26-21(27)20-8-6-16-29-20/h6,8-12,16H,3-5,7,13-15,17H2,1-2H3,(H,26,27)(H2,23,24,25). The minimum atomic E-state index is -0.266. The number of unbranched alkanes of at least 4 members (excludes halogenated alkanes) is 1. The van der Waals surface area contributed by atoms with E-state index in [9.17, 15) is 4.79 Å². The van der Waals surface area contributed by atoms with E-state index in [4.69, 9.17) is 9.15 Å². The number of carbonyl (C=O) groups excluding carboxylic acids is 1. The maximum Gasteiger partial charge on any atom is 0.291 e. The largest absolute Gasteiger partial charge is 0.459 e. The highest BCUT2D eigenvalue weighted by Gasteiger charge is 2.08. The zero-order valence-electron chi connectivity index (χ0n) is 17.4. The van der Waals surface area contributed by atoms with Gasteiger partial charge in [-0.1, -0.05) is 25.5 Å². The number of carbonyl (C=O) groups is 1. The van der Waals surface area contributed by atoms with Crippen LogP contribution in [0.4, 0.5) is 5.69 Å². The molecule has 1 aromatic heterocycles. The van der Waals surface area contributed by atoms with Crippen molar-refractivity contribution in [1.82, 2.24) is 10.6 Å². The molecule has 2 rings (SSSR count). The topological polar surface area (TPSA) is 87.9 Å². The van der Waals surface area contributed by atoms with Gasteiger partial charge in [-0.25, -0.2) is 4.99 Å². The number of nitrogens with one attached hydrogen (secondary N) is 3. The van der Waals surface area contributed by atoms with Crippen molar-refractivity contribution in [2.24, 2.45) is 4.99 Å². The number of nitrogens with zero attached hydrogens (tertiary/aromatic N) is 1. The fourth-order valence-electron chi connectivity index (χ4n) is 2.54. The smallest absolute Gasteiger partial charge is 0.291 e. The maximum atomic E-state index is 12.0. The Morgan fingerprint density at radius 1 is 1.07 bits per heavy atom. The number of benzene rings is 1. The van der Waals surface area contributed by atoms with Gasteiger partial charge in [-0.2, -0.15) is 0 Å². The Morgan fingerprint density at radius 2 is 1.86 bits per heavy atom. The van der Waals surface area contributed by atoms with E-state index in [2.05, 4.69) is 27.9 Å². The molecule has 3 N–H and O–H groups in total. The van der Waals surface area contributed by atoms with Crippen LogP contribution >= 0.6 is 0 Å². The summed E-state index contributed by atoms with van der Waals surface area (Å²) in [6.07, 6.45) is 4.69. The van der Waals surface area contributed by atoms with E-state index in [-0.39, 0.29) is 11.7 Å². The van der Waals surface area contributed by atoms with Crippen molar-refractivity contribution in [1.29, 1.82) is 0 Å². The lowest BCUT2D eigenvalue weighted by molar-refractivity contribution is 0.0996. The number of aliphatic imine (C=N–C) groups is 1. The lowest BCUT2D eigenvalue weighted by Crippen LogP contribution is -2.38. The molecule has 0 radical (unpaired) electrons. The highest BCUT2D eigenvalue weighted by molar-refractivity contribution is 6.02. The fraction of sp³-hybridized carbons (Fsp3) is 0.455. The van der Waals surface area contributed by atoms with E-state index < -0.39 is 0 Å². The van der Waals surface area contributed by atoms with Crippen LogP contribution in [-0.2, 0) is 11.3 Å². The molecule has 0 saturated carbocycles. The first-order valence-corrected chi connectivity index (χ1v) is 10.3. The Hall–Kier alpha value is -2.80. The SMILES string of the molecule is CCCCOCCCNC(=NCc1ccc(NC(=O)c2ccco2)cc1)NCC. The number of anilines is 1. The molecule has 0 saturated heterocycles. The number of furan rings is 1. The van der Waals surface area contributed by atoms with Crippen molar-refractivity contribution < 1.29 is 13.9 Å². The van der Waals surface area contributed by atoms with Gasteiger partial charge in [-0.15, -0.1) is 0 Å². The zero-order valence-corrected chi connectivity index (χ0v) is 17.4. The van der Waals surface area contributed by atoms with Crippen molar-refractivity contribution in [2.75, 3.05) is 31.6 Å². The van der Waals surface area contributed by atoms with Crippen LogP contribution in [0.5, 0.6) is 0 Å². The number of hydrogen-bond acceptors (Lipinski definition) is 4. The zero-order chi connectivity index (χ0) is 20.7. The Balaban J connectivity index is 1.76. The summed E-state index contributed by atoms with van der Waals surface area (Å²) >= 11 is 0. The third-order valence-electron chi connectivity index (χ3n) is 4.12. The minimum absolute atomic E-state index is 0.266. The molecule has 1 amide bonds. The van der Waals surface area contributed by atoms with E-state index >= 15 is 0 Å². The second-order valence-corrected chi connectivity index (χ2v) is 6.57. The molecule has 2 aromatic rings. The van der Waals surface area contributed by atoms with Crippen LogP contribution in [0.15, 0.2) is 52.1 Å². The molecule has 1 heterocycles. The lowest BCUT2D eigenvalue weighted by Gasteiger charge is -2.11. The number of rotatable bonds is 12. The van der Waals surface area contributed by atoms with E-state index in [1.807, 2.05) is 31.2 Å². The van der Waals surface area contributed by atoms with Gasteiger partial charge in [0, 0.05) is 32.0 Å². The van der Waals surface area contributed by atoms with Gasteiger partial charge in [0.2, 0.25) is 0 Å². The van der Waals surface area contributed by atoms with Gasteiger partial charge in [-0.05, 0) is 49.6 Å². The van der Waals surface area contributed by atoms with Crippen LogP contribution in [0.1, 0.15) is 49.2 Å². The average molecular weight is 401 g/mol. The molecule has 158 valence electrons. The van der Waals surface area contributed by atoms with Gasteiger partial charge in [-0.3, -0.25) is 4.79 Å². The van der Waals surface area contributed by atoms with Gasteiger partial charge in [0.05, 0.1) is 12.8 Å². The molecule has 0 fully saturated rings. The molecule has 0 bridgehead atoms. The van der Waals surface area contributed by atoms with Crippen LogP contribution in [-0.4, -0.2) is 38.2 Å². The van der Waals surface area contributed by atoms with Crippen molar-refractivity contribution in [2.45, 2.75) is 39.7 Å². The molecule has 7 heteroatoms. The Labute approximate surface area is 172 Å². The van der Waals surface area contributed by atoms with Gasteiger partial charge in [0.15, 0.2) is 11.7 Å². The number of amides is 1. The summed E-state index contributed by atoms with van der Waals surface area (Å²) in [6.45, 7) is 7.97. The van der Waals surface area contributed by atoms with Crippen molar-refractivity contribution in [3.8, 4) is 0 Å². The van der Waals surface area contributed by atoms with Gasteiger partial charge >= 0.3 is 0 Å². The lowest BCUT2D eigenvalue weighted by atomic mass is 10.2. The van der Waals surface area contributed by atoms with Gasteiger partial charge < -0.3 is 25.1 Å². The first-order valence-electron chi connectivity index (χ1n) is 10.3. The molecule has 29 heavy (non-hydrogen) atoms. The van der Waals surface area contributed by atoms with E-state index in [0.29, 0.717) is 12.2 Å². The van der Waals surface area contributed by atoms with E-state index in [1.54, 1.807) is 12.1 Å². The minimum Gasteiger partial charge on any atom is -0.459 e. The number of ether oxygens (including phenoxy) is 1. The molecule has 7 nitrogen and oxygen atoms in total. The molecule has 0 spiro atoms. The summed E-state index contributed by atoms with van der Waals surface area (Å²) in [5.74, 6) is 0.810. The molecule has 1 aromatic carbocycles. The maximum absolute atomic E-state index is 12.0. The normalized spacial score (nSPS) is 11.3. The summed E-state index contributed by atoms with van der Waals surface area (Å²) in [6, 6.07) is 10.9.